The smallest absolute Gasteiger partial charge is 0.0467 e. The fourth-order valence-electron chi connectivity index (χ4n) is 6.30. The van der Waals surface area contributed by atoms with Gasteiger partial charge in [-0.05, 0) is 121 Å². The Morgan fingerprint density at radius 2 is 1.06 bits per heavy atom. The summed E-state index contributed by atoms with van der Waals surface area (Å²) in [6, 6.07) is 33.4. The van der Waals surface area contributed by atoms with E-state index in [0.717, 1.165) is 11.8 Å². The van der Waals surface area contributed by atoms with Gasteiger partial charge < -0.3 is 4.90 Å². The fourth-order valence-corrected chi connectivity index (χ4v) is 6.30. The molecule has 0 aromatic heterocycles. The van der Waals surface area contributed by atoms with Gasteiger partial charge in [-0.15, -0.1) is 0 Å². The maximum atomic E-state index is 2.52. The average molecular weight is 430 g/mol. The maximum absolute atomic E-state index is 2.52. The second-order valence-electron chi connectivity index (χ2n) is 9.85. The molecular weight excluding hydrogens is 398 g/mol. The van der Waals surface area contributed by atoms with Crippen molar-refractivity contribution in [2.45, 2.75) is 51.4 Å². The van der Waals surface area contributed by atoms with E-state index < -0.39 is 0 Å². The van der Waals surface area contributed by atoms with Crippen LogP contribution < -0.4 is 4.90 Å². The summed E-state index contributed by atoms with van der Waals surface area (Å²) in [6.45, 7) is 4.54. The quantitative estimate of drug-likeness (QED) is 0.312. The van der Waals surface area contributed by atoms with Crippen LogP contribution in [0, 0.1) is 13.8 Å². The SMILES string of the molecule is Cc1cc(N(c2ccccc2)c2ccccc2)cc(C)c1-c1ccc2c(c1)C1CCC2CC1. The molecular formula is C32H31N. The summed E-state index contributed by atoms with van der Waals surface area (Å²) >= 11 is 0. The topological polar surface area (TPSA) is 3.24 Å². The molecule has 2 bridgehead atoms. The van der Waals surface area contributed by atoms with Crippen molar-refractivity contribution >= 4 is 17.1 Å². The van der Waals surface area contributed by atoms with Gasteiger partial charge in [0.05, 0.1) is 0 Å². The van der Waals surface area contributed by atoms with Crippen molar-refractivity contribution in [3.05, 3.63) is 113 Å². The Bertz CT molecular complexity index is 1220. The molecule has 3 aliphatic carbocycles. The van der Waals surface area contributed by atoms with Crippen molar-refractivity contribution in [2.75, 3.05) is 4.90 Å². The average Bonchev–Trinajstić information content (AvgIpc) is 2.86. The summed E-state index contributed by atoms with van der Waals surface area (Å²) < 4.78 is 0. The molecule has 1 heteroatoms. The van der Waals surface area contributed by atoms with Gasteiger partial charge in [-0.1, -0.05) is 54.6 Å². The van der Waals surface area contributed by atoms with E-state index in [9.17, 15) is 0 Å². The number of aryl methyl sites for hydroxylation is 2. The predicted molar refractivity (Wildman–Crippen MR) is 140 cm³/mol. The number of hydrogen-bond acceptors (Lipinski definition) is 1. The number of anilines is 3. The molecule has 0 atom stereocenters. The summed E-state index contributed by atoms with van der Waals surface area (Å²) in [6.07, 6.45) is 5.53. The molecule has 3 aliphatic rings. The molecule has 1 saturated carbocycles. The van der Waals surface area contributed by atoms with Crippen molar-refractivity contribution in [1.29, 1.82) is 0 Å². The first-order valence-corrected chi connectivity index (χ1v) is 12.3. The van der Waals surface area contributed by atoms with Crippen LogP contribution in [0.1, 0.15) is 59.8 Å². The summed E-state index contributed by atoms with van der Waals surface area (Å²) in [5.74, 6) is 1.57. The zero-order valence-electron chi connectivity index (χ0n) is 19.6. The van der Waals surface area contributed by atoms with E-state index in [4.69, 9.17) is 0 Å². The van der Waals surface area contributed by atoms with Gasteiger partial charge in [0.25, 0.3) is 0 Å². The van der Waals surface area contributed by atoms with Crippen LogP contribution in [-0.4, -0.2) is 0 Å². The lowest BCUT2D eigenvalue weighted by Crippen LogP contribution is -2.21. The van der Waals surface area contributed by atoms with Crippen LogP contribution in [0.15, 0.2) is 91.0 Å². The Morgan fingerprint density at radius 3 is 1.61 bits per heavy atom. The highest BCUT2D eigenvalue weighted by molar-refractivity contribution is 5.81. The molecule has 0 spiro atoms. The molecule has 0 N–H and O–H groups in total. The molecule has 0 radical (unpaired) electrons. The van der Waals surface area contributed by atoms with Crippen molar-refractivity contribution < 1.29 is 0 Å². The molecule has 0 amide bonds. The molecule has 33 heavy (non-hydrogen) atoms. The molecule has 7 rings (SSSR count). The monoisotopic (exact) mass is 429 g/mol. The van der Waals surface area contributed by atoms with E-state index in [2.05, 4.69) is 110 Å². The van der Waals surface area contributed by atoms with Gasteiger partial charge >= 0.3 is 0 Å². The number of hydrogen-bond donors (Lipinski definition) is 0. The van der Waals surface area contributed by atoms with Crippen LogP contribution in [0.25, 0.3) is 11.1 Å². The third-order valence-corrected chi connectivity index (χ3v) is 7.79. The third kappa shape index (κ3) is 3.56. The highest BCUT2D eigenvalue weighted by Gasteiger charge is 2.32. The predicted octanol–water partition coefficient (Wildman–Crippen LogP) is 9.20. The number of benzene rings is 4. The Labute approximate surface area is 197 Å². The second-order valence-corrected chi connectivity index (χ2v) is 9.85. The van der Waals surface area contributed by atoms with E-state index in [-0.39, 0.29) is 0 Å². The molecule has 0 saturated heterocycles. The largest absolute Gasteiger partial charge is 0.310 e. The normalized spacial score (nSPS) is 18.7. The minimum Gasteiger partial charge on any atom is -0.310 e. The van der Waals surface area contributed by atoms with Crippen LogP contribution >= 0.6 is 0 Å². The van der Waals surface area contributed by atoms with E-state index in [1.54, 1.807) is 11.1 Å². The summed E-state index contributed by atoms with van der Waals surface area (Å²) in [5, 5.41) is 0. The van der Waals surface area contributed by atoms with Crippen LogP contribution in [0.5, 0.6) is 0 Å². The van der Waals surface area contributed by atoms with Crippen molar-refractivity contribution in [3.8, 4) is 11.1 Å². The zero-order chi connectivity index (χ0) is 22.4. The van der Waals surface area contributed by atoms with Gasteiger partial charge in [0.2, 0.25) is 0 Å². The van der Waals surface area contributed by atoms with Crippen LogP contribution in [0.2, 0.25) is 0 Å². The van der Waals surface area contributed by atoms with Crippen LogP contribution in [-0.2, 0) is 0 Å². The van der Waals surface area contributed by atoms with Crippen molar-refractivity contribution in [1.82, 2.24) is 0 Å². The first kappa shape index (κ1) is 20.3. The van der Waals surface area contributed by atoms with Crippen LogP contribution in [0.3, 0.4) is 0 Å². The molecule has 0 unspecified atom stereocenters. The molecule has 0 heterocycles. The summed E-state index contributed by atoms with van der Waals surface area (Å²) in [4.78, 5) is 2.36. The minimum absolute atomic E-state index is 0.775. The van der Waals surface area contributed by atoms with Gasteiger partial charge in [-0.3, -0.25) is 0 Å². The highest BCUT2D eigenvalue weighted by Crippen LogP contribution is 2.50. The highest BCUT2D eigenvalue weighted by atomic mass is 15.1. The Morgan fingerprint density at radius 1 is 0.545 bits per heavy atom. The van der Waals surface area contributed by atoms with Gasteiger partial charge in [0.1, 0.15) is 0 Å². The molecule has 164 valence electrons. The summed E-state index contributed by atoms with van der Waals surface area (Å²) in [5.41, 5.74) is 12.3. The molecule has 0 aliphatic heterocycles. The third-order valence-electron chi connectivity index (χ3n) is 7.79. The Hall–Kier alpha value is -3.32. The van der Waals surface area contributed by atoms with Gasteiger partial charge in [-0.25, -0.2) is 0 Å². The van der Waals surface area contributed by atoms with Gasteiger partial charge in [0.15, 0.2) is 0 Å². The van der Waals surface area contributed by atoms with Gasteiger partial charge in [-0.2, -0.15) is 0 Å². The Balaban J connectivity index is 1.45. The lowest BCUT2D eigenvalue weighted by molar-refractivity contribution is 0.359. The number of fused-ring (bicyclic) bond motifs is 2. The van der Waals surface area contributed by atoms with Crippen LogP contribution in [0.4, 0.5) is 17.1 Å². The minimum atomic E-state index is 0.775. The molecule has 1 fully saturated rings. The number of para-hydroxylation sites is 2. The van der Waals surface area contributed by atoms with E-state index >= 15 is 0 Å². The fraction of sp³-hybridized carbons (Fsp3) is 0.250. The number of rotatable bonds is 4. The number of nitrogens with zero attached hydrogens (tertiary/aromatic N) is 1. The Kier molecular flexibility index (Phi) is 5.06. The van der Waals surface area contributed by atoms with E-state index in [1.807, 2.05) is 0 Å². The first-order chi connectivity index (χ1) is 16.2. The molecule has 4 aromatic carbocycles. The first-order valence-electron chi connectivity index (χ1n) is 12.3. The van der Waals surface area contributed by atoms with Gasteiger partial charge in [0, 0.05) is 17.1 Å². The standard InChI is InChI=1S/C32H31N/c1-22-19-29(33(27-9-5-3-6-10-27)28-11-7-4-8-12-28)20-23(2)32(22)26-17-18-30-24-13-15-25(16-14-24)31(30)21-26/h3-12,17-21,24-25H,13-16H2,1-2H3. The second kappa shape index (κ2) is 8.23. The van der Waals surface area contributed by atoms with E-state index in [1.165, 1.54) is 65.0 Å². The maximum Gasteiger partial charge on any atom is 0.0467 e. The molecule has 1 nitrogen and oxygen atoms in total. The molecule has 4 aromatic rings. The van der Waals surface area contributed by atoms with E-state index in [0.29, 0.717) is 0 Å². The lowest BCUT2D eigenvalue weighted by atomic mass is 9.66. The summed E-state index contributed by atoms with van der Waals surface area (Å²) in [7, 11) is 0. The van der Waals surface area contributed by atoms with Crippen molar-refractivity contribution in [2.24, 2.45) is 0 Å². The zero-order valence-corrected chi connectivity index (χ0v) is 19.6. The van der Waals surface area contributed by atoms with Crippen molar-refractivity contribution in [3.63, 3.8) is 0 Å². The lowest BCUT2D eigenvalue weighted by Gasteiger charge is -2.38.